The van der Waals surface area contributed by atoms with Gasteiger partial charge >= 0.3 is 6.09 Å². The SMILES string of the molecule is CC(C)(C)OC(=O)N1CCC(c2nc(C(=O)NCCOc3ccccc3Cl)cs2)CC1. The van der Waals surface area contributed by atoms with Crippen molar-refractivity contribution in [3.8, 4) is 5.75 Å². The van der Waals surface area contributed by atoms with Crippen molar-refractivity contribution >= 4 is 34.9 Å². The minimum absolute atomic E-state index is 0.226. The fourth-order valence-electron chi connectivity index (χ4n) is 3.19. The van der Waals surface area contributed by atoms with Crippen LogP contribution in [0.4, 0.5) is 4.79 Å². The highest BCUT2D eigenvalue weighted by Crippen LogP contribution is 2.31. The predicted octanol–water partition coefficient (Wildman–Crippen LogP) is 4.72. The predicted molar refractivity (Wildman–Crippen MR) is 121 cm³/mol. The molecule has 1 saturated heterocycles. The number of hydrogen-bond donors (Lipinski definition) is 1. The van der Waals surface area contributed by atoms with Crippen molar-refractivity contribution in [1.82, 2.24) is 15.2 Å². The molecule has 1 N–H and O–H groups in total. The Bertz CT molecular complexity index is 904. The van der Waals surface area contributed by atoms with Gasteiger partial charge in [0.25, 0.3) is 5.91 Å². The average Bonchev–Trinajstić information content (AvgIpc) is 3.21. The molecule has 0 spiro atoms. The first-order valence-electron chi connectivity index (χ1n) is 10.3. The Morgan fingerprint density at radius 1 is 1.26 bits per heavy atom. The number of nitrogens with one attached hydrogen (secondary N) is 1. The van der Waals surface area contributed by atoms with E-state index in [1.165, 1.54) is 11.3 Å². The van der Waals surface area contributed by atoms with Gasteiger partial charge in [-0.1, -0.05) is 23.7 Å². The van der Waals surface area contributed by atoms with Crippen LogP contribution in [0.2, 0.25) is 5.02 Å². The molecule has 0 radical (unpaired) electrons. The van der Waals surface area contributed by atoms with Gasteiger partial charge in [-0.05, 0) is 45.7 Å². The molecule has 1 aliphatic rings. The highest BCUT2D eigenvalue weighted by molar-refractivity contribution is 7.09. The number of piperidine rings is 1. The van der Waals surface area contributed by atoms with Crippen LogP contribution in [0.3, 0.4) is 0 Å². The van der Waals surface area contributed by atoms with Crippen molar-refractivity contribution in [1.29, 1.82) is 0 Å². The zero-order chi connectivity index (χ0) is 22.4. The van der Waals surface area contributed by atoms with Crippen molar-refractivity contribution in [2.45, 2.75) is 45.1 Å². The van der Waals surface area contributed by atoms with E-state index < -0.39 is 5.60 Å². The Morgan fingerprint density at radius 3 is 2.65 bits per heavy atom. The number of ether oxygens (including phenoxy) is 2. The molecule has 1 fully saturated rings. The Labute approximate surface area is 191 Å². The summed E-state index contributed by atoms with van der Waals surface area (Å²) < 4.78 is 11.0. The van der Waals surface area contributed by atoms with Crippen molar-refractivity contribution < 1.29 is 19.1 Å². The highest BCUT2D eigenvalue weighted by atomic mass is 35.5. The first kappa shape index (κ1) is 23.3. The largest absolute Gasteiger partial charge is 0.490 e. The van der Waals surface area contributed by atoms with Crippen LogP contribution in [-0.4, -0.2) is 53.7 Å². The van der Waals surface area contributed by atoms with Crippen LogP contribution in [0.25, 0.3) is 0 Å². The summed E-state index contributed by atoms with van der Waals surface area (Å²) in [5.41, 5.74) is -0.0866. The first-order chi connectivity index (χ1) is 14.7. The molecule has 0 atom stereocenters. The number of benzene rings is 1. The van der Waals surface area contributed by atoms with Gasteiger partial charge in [0.2, 0.25) is 0 Å². The number of nitrogens with zero attached hydrogens (tertiary/aromatic N) is 2. The van der Waals surface area contributed by atoms with E-state index in [1.807, 2.05) is 32.9 Å². The van der Waals surface area contributed by atoms with Crippen molar-refractivity contribution in [3.05, 3.63) is 45.4 Å². The molecule has 31 heavy (non-hydrogen) atoms. The number of thiazole rings is 1. The third kappa shape index (κ3) is 6.83. The number of aromatic nitrogens is 1. The second-order valence-electron chi connectivity index (χ2n) is 8.35. The summed E-state index contributed by atoms with van der Waals surface area (Å²) in [5, 5.41) is 6.06. The van der Waals surface area contributed by atoms with Gasteiger partial charge in [0.05, 0.1) is 16.6 Å². The molecule has 3 rings (SSSR count). The fraction of sp³-hybridized carbons (Fsp3) is 0.500. The number of para-hydroxylation sites is 1. The standard InChI is InChI=1S/C22H28ClN3O4S/c1-22(2,3)30-21(28)26-11-8-15(9-12-26)20-25-17(14-31-20)19(27)24-10-13-29-18-7-5-4-6-16(18)23/h4-7,14-15H,8-13H2,1-3H3,(H,24,27). The zero-order valence-electron chi connectivity index (χ0n) is 18.0. The number of halogens is 1. The molecule has 2 heterocycles. The van der Waals surface area contributed by atoms with E-state index in [2.05, 4.69) is 10.3 Å². The molecule has 168 valence electrons. The summed E-state index contributed by atoms with van der Waals surface area (Å²) in [6, 6.07) is 7.21. The Morgan fingerprint density at radius 2 is 1.97 bits per heavy atom. The number of rotatable bonds is 6. The van der Waals surface area contributed by atoms with Gasteiger partial charge in [0.15, 0.2) is 0 Å². The van der Waals surface area contributed by atoms with Crippen molar-refractivity contribution in [2.24, 2.45) is 0 Å². The molecule has 7 nitrogen and oxygen atoms in total. The van der Waals surface area contributed by atoms with Crippen LogP contribution in [0.15, 0.2) is 29.6 Å². The molecule has 0 bridgehead atoms. The maximum absolute atomic E-state index is 12.4. The van der Waals surface area contributed by atoms with E-state index in [0.29, 0.717) is 42.7 Å². The van der Waals surface area contributed by atoms with Crippen LogP contribution in [0, 0.1) is 0 Å². The highest BCUT2D eigenvalue weighted by Gasteiger charge is 2.29. The number of hydrogen-bond acceptors (Lipinski definition) is 6. The molecule has 2 aromatic rings. The second kappa shape index (κ2) is 10.3. The molecule has 0 aliphatic carbocycles. The third-order valence-electron chi connectivity index (χ3n) is 4.73. The lowest BCUT2D eigenvalue weighted by Crippen LogP contribution is -2.41. The molecular formula is C22H28ClN3O4S. The van der Waals surface area contributed by atoms with Crippen molar-refractivity contribution in [3.63, 3.8) is 0 Å². The van der Waals surface area contributed by atoms with Gasteiger partial charge in [0, 0.05) is 24.4 Å². The molecule has 0 saturated carbocycles. The third-order valence-corrected chi connectivity index (χ3v) is 6.05. The van der Waals surface area contributed by atoms with Gasteiger partial charge in [-0.2, -0.15) is 0 Å². The molecule has 0 unspecified atom stereocenters. The lowest BCUT2D eigenvalue weighted by molar-refractivity contribution is 0.0204. The minimum atomic E-state index is -0.496. The van der Waals surface area contributed by atoms with Gasteiger partial charge in [-0.25, -0.2) is 9.78 Å². The maximum atomic E-state index is 12.4. The van der Waals surface area contributed by atoms with Crippen LogP contribution in [-0.2, 0) is 4.74 Å². The van der Waals surface area contributed by atoms with Gasteiger partial charge < -0.3 is 19.7 Å². The Hall–Kier alpha value is -2.32. The number of amides is 2. The number of likely N-dealkylation sites (tertiary alicyclic amines) is 1. The molecule has 1 aromatic heterocycles. The molecule has 1 aromatic carbocycles. The second-order valence-corrected chi connectivity index (χ2v) is 9.64. The normalized spacial score (nSPS) is 14.9. The van der Waals surface area contributed by atoms with Crippen LogP contribution >= 0.6 is 22.9 Å². The summed E-state index contributed by atoms with van der Waals surface area (Å²) in [6.07, 6.45) is 1.34. The smallest absolute Gasteiger partial charge is 0.410 e. The van der Waals surface area contributed by atoms with Crippen LogP contribution in [0.1, 0.15) is 55.0 Å². The lowest BCUT2D eigenvalue weighted by atomic mass is 9.98. The number of carbonyl (C=O) groups is 2. The molecule has 2 amide bonds. The van der Waals surface area contributed by atoms with E-state index in [4.69, 9.17) is 21.1 Å². The summed E-state index contributed by atoms with van der Waals surface area (Å²) in [6.45, 7) is 7.51. The zero-order valence-corrected chi connectivity index (χ0v) is 19.6. The van der Waals surface area contributed by atoms with E-state index >= 15 is 0 Å². The van der Waals surface area contributed by atoms with E-state index in [0.717, 1.165) is 17.8 Å². The topological polar surface area (TPSA) is 80.8 Å². The first-order valence-corrected chi connectivity index (χ1v) is 11.6. The van der Waals surface area contributed by atoms with Crippen molar-refractivity contribution in [2.75, 3.05) is 26.2 Å². The molecule has 1 aliphatic heterocycles. The lowest BCUT2D eigenvalue weighted by Gasteiger charge is -2.32. The van der Waals surface area contributed by atoms with E-state index in [1.54, 1.807) is 22.4 Å². The summed E-state index contributed by atoms with van der Waals surface area (Å²) in [5.74, 6) is 0.609. The van der Waals surface area contributed by atoms with Crippen LogP contribution < -0.4 is 10.1 Å². The molecular weight excluding hydrogens is 438 g/mol. The van der Waals surface area contributed by atoms with E-state index in [-0.39, 0.29) is 17.9 Å². The van der Waals surface area contributed by atoms with E-state index in [9.17, 15) is 9.59 Å². The Balaban J connectivity index is 1.43. The number of carbonyl (C=O) groups excluding carboxylic acids is 2. The van der Waals surface area contributed by atoms with Gasteiger partial charge in [0.1, 0.15) is 23.7 Å². The molecule has 9 heteroatoms. The monoisotopic (exact) mass is 465 g/mol. The van der Waals surface area contributed by atoms with Gasteiger partial charge in [-0.15, -0.1) is 11.3 Å². The minimum Gasteiger partial charge on any atom is -0.490 e. The Kier molecular flexibility index (Phi) is 7.78. The maximum Gasteiger partial charge on any atom is 0.410 e. The van der Waals surface area contributed by atoms with Gasteiger partial charge in [-0.3, -0.25) is 4.79 Å². The quantitative estimate of drug-likeness (QED) is 0.624. The fourth-order valence-corrected chi connectivity index (χ4v) is 4.35. The van der Waals surface area contributed by atoms with Crippen LogP contribution in [0.5, 0.6) is 5.75 Å². The average molecular weight is 466 g/mol. The summed E-state index contributed by atoms with van der Waals surface area (Å²) in [7, 11) is 0. The summed E-state index contributed by atoms with van der Waals surface area (Å²) in [4.78, 5) is 30.8. The summed E-state index contributed by atoms with van der Waals surface area (Å²) >= 11 is 7.53.